The molecule has 0 fully saturated rings. The standard InChI is InChI=1S/C10H8F2N2O/c11-8-7(3-4-13-9(8)12)10(15)14-5-1-2-6-14/h1-4H,5-6H2. The number of carbonyl (C=O) groups excluding carboxylic acids is 1. The first-order valence-corrected chi connectivity index (χ1v) is 4.44. The van der Waals surface area contributed by atoms with E-state index in [-0.39, 0.29) is 5.56 Å². The van der Waals surface area contributed by atoms with E-state index in [2.05, 4.69) is 4.98 Å². The molecule has 5 heteroatoms. The fourth-order valence-corrected chi connectivity index (χ4v) is 1.40. The Bertz CT molecular complexity index is 423. The Balaban J connectivity index is 2.29. The Morgan fingerprint density at radius 3 is 2.67 bits per heavy atom. The van der Waals surface area contributed by atoms with Crippen molar-refractivity contribution in [2.75, 3.05) is 13.1 Å². The Hall–Kier alpha value is -1.78. The minimum atomic E-state index is -1.24. The molecule has 3 nitrogen and oxygen atoms in total. The van der Waals surface area contributed by atoms with Gasteiger partial charge in [-0.1, -0.05) is 12.2 Å². The average molecular weight is 210 g/mol. The molecule has 78 valence electrons. The van der Waals surface area contributed by atoms with Crippen molar-refractivity contribution in [2.24, 2.45) is 0 Å². The summed E-state index contributed by atoms with van der Waals surface area (Å²) in [6.07, 6.45) is 4.68. The Morgan fingerprint density at radius 1 is 1.33 bits per heavy atom. The number of rotatable bonds is 1. The van der Waals surface area contributed by atoms with Gasteiger partial charge < -0.3 is 4.90 Å². The van der Waals surface area contributed by atoms with Crippen LogP contribution in [0.3, 0.4) is 0 Å². The summed E-state index contributed by atoms with van der Waals surface area (Å²) in [6, 6.07) is 1.18. The zero-order valence-corrected chi connectivity index (χ0v) is 7.78. The van der Waals surface area contributed by atoms with E-state index in [1.807, 2.05) is 0 Å². The van der Waals surface area contributed by atoms with Crippen molar-refractivity contribution in [1.29, 1.82) is 0 Å². The molecule has 0 N–H and O–H groups in total. The Kier molecular flexibility index (Phi) is 2.45. The smallest absolute Gasteiger partial charge is 0.257 e. The first-order valence-electron chi connectivity index (χ1n) is 4.44. The molecular weight excluding hydrogens is 202 g/mol. The lowest BCUT2D eigenvalue weighted by Crippen LogP contribution is -2.29. The molecule has 0 spiro atoms. The van der Waals surface area contributed by atoms with Crippen LogP contribution in [0.25, 0.3) is 0 Å². The number of nitrogens with zero attached hydrogens (tertiary/aromatic N) is 2. The van der Waals surface area contributed by atoms with E-state index in [0.29, 0.717) is 13.1 Å². The first-order chi connectivity index (χ1) is 7.20. The fraction of sp³-hybridized carbons (Fsp3) is 0.200. The molecule has 1 aromatic rings. The van der Waals surface area contributed by atoms with Crippen LogP contribution < -0.4 is 0 Å². The van der Waals surface area contributed by atoms with Crippen LogP contribution in [0.2, 0.25) is 0 Å². The SMILES string of the molecule is O=C(c1ccnc(F)c1F)N1CC=CC1. The molecule has 0 aliphatic carbocycles. The van der Waals surface area contributed by atoms with Crippen molar-refractivity contribution in [2.45, 2.75) is 0 Å². The Labute approximate surface area is 85.0 Å². The van der Waals surface area contributed by atoms with Gasteiger partial charge in [0.15, 0.2) is 5.82 Å². The minimum Gasteiger partial charge on any atom is -0.331 e. The molecule has 2 heterocycles. The maximum absolute atomic E-state index is 13.2. The molecule has 1 amide bonds. The van der Waals surface area contributed by atoms with Gasteiger partial charge in [0.25, 0.3) is 5.91 Å². The second kappa shape index (κ2) is 3.76. The maximum Gasteiger partial charge on any atom is 0.257 e. The number of amides is 1. The average Bonchev–Trinajstić information content (AvgIpc) is 2.74. The van der Waals surface area contributed by atoms with E-state index >= 15 is 0 Å². The van der Waals surface area contributed by atoms with Crippen LogP contribution in [0.15, 0.2) is 24.4 Å². The van der Waals surface area contributed by atoms with Gasteiger partial charge in [0.1, 0.15) is 0 Å². The molecule has 1 aliphatic rings. The monoisotopic (exact) mass is 210 g/mol. The normalized spacial score (nSPS) is 14.7. The van der Waals surface area contributed by atoms with Gasteiger partial charge in [-0.2, -0.15) is 4.39 Å². The summed E-state index contributed by atoms with van der Waals surface area (Å²) in [5, 5.41) is 0. The molecular formula is C10H8F2N2O. The van der Waals surface area contributed by atoms with E-state index in [0.717, 1.165) is 6.20 Å². The number of halogens is 2. The quantitative estimate of drug-likeness (QED) is 0.518. The molecule has 1 aromatic heterocycles. The summed E-state index contributed by atoms with van der Waals surface area (Å²) in [4.78, 5) is 16.2. The van der Waals surface area contributed by atoms with Gasteiger partial charge in [0.05, 0.1) is 5.56 Å². The van der Waals surface area contributed by atoms with Crippen molar-refractivity contribution in [3.05, 3.63) is 41.7 Å². The number of aromatic nitrogens is 1. The number of hydrogen-bond donors (Lipinski definition) is 0. The van der Waals surface area contributed by atoms with Crippen LogP contribution in [-0.2, 0) is 0 Å². The van der Waals surface area contributed by atoms with Crippen LogP contribution in [-0.4, -0.2) is 28.9 Å². The first kappa shape index (κ1) is 9.76. The molecule has 0 saturated carbocycles. The highest BCUT2D eigenvalue weighted by atomic mass is 19.2. The van der Waals surface area contributed by atoms with E-state index in [1.54, 1.807) is 12.2 Å². The third-order valence-electron chi connectivity index (χ3n) is 2.18. The van der Waals surface area contributed by atoms with Crippen molar-refractivity contribution in [3.63, 3.8) is 0 Å². The maximum atomic E-state index is 13.2. The Morgan fingerprint density at radius 2 is 2.00 bits per heavy atom. The molecule has 0 radical (unpaired) electrons. The second-order valence-electron chi connectivity index (χ2n) is 3.14. The summed E-state index contributed by atoms with van der Waals surface area (Å²) in [5.41, 5.74) is -0.272. The highest BCUT2D eigenvalue weighted by Crippen LogP contribution is 2.13. The number of hydrogen-bond acceptors (Lipinski definition) is 2. The largest absolute Gasteiger partial charge is 0.331 e. The third kappa shape index (κ3) is 1.72. The van der Waals surface area contributed by atoms with Crippen molar-refractivity contribution >= 4 is 5.91 Å². The zero-order chi connectivity index (χ0) is 10.8. The molecule has 2 rings (SSSR count). The summed E-state index contributed by atoms with van der Waals surface area (Å²) < 4.78 is 26.0. The van der Waals surface area contributed by atoms with Gasteiger partial charge in [-0.3, -0.25) is 4.79 Å². The summed E-state index contributed by atoms with van der Waals surface area (Å²) >= 11 is 0. The summed E-state index contributed by atoms with van der Waals surface area (Å²) in [6.45, 7) is 0.866. The second-order valence-corrected chi connectivity index (χ2v) is 3.14. The highest BCUT2D eigenvalue weighted by Gasteiger charge is 2.21. The summed E-state index contributed by atoms with van der Waals surface area (Å²) in [5.74, 6) is -2.94. The van der Waals surface area contributed by atoms with E-state index < -0.39 is 17.7 Å². The van der Waals surface area contributed by atoms with E-state index in [4.69, 9.17) is 0 Å². The van der Waals surface area contributed by atoms with Gasteiger partial charge in [-0.25, -0.2) is 9.37 Å². The molecule has 0 saturated heterocycles. The zero-order valence-electron chi connectivity index (χ0n) is 7.78. The summed E-state index contributed by atoms with van der Waals surface area (Å²) in [7, 11) is 0. The molecule has 0 bridgehead atoms. The molecule has 0 unspecified atom stereocenters. The van der Waals surface area contributed by atoms with Crippen LogP contribution in [0.1, 0.15) is 10.4 Å². The van der Waals surface area contributed by atoms with E-state index in [1.165, 1.54) is 11.0 Å². The van der Waals surface area contributed by atoms with Crippen molar-refractivity contribution < 1.29 is 13.6 Å². The third-order valence-corrected chi connectivity index (χ3v) is 2.18. The van der Waals surface area contributed by atoms with E-state index in [9.17, 15) is 13.6 Å². The van der Waals surface area contributed by atoms with Gasteiger partial charge in [0.2, 0.25) is 5.95 Å². The van der Waals surface area contributed by atoms with Gasteiger partial charge in [-0.05, 0) is 6.07 Å². The minimum absolute atomic E-state index is 0.272. The van der Waals surface area contributed by atoms with Crippen LogP contribution in [0, 0.1) is 11.8 Å². The predicted molar refractivity (Wildman–Crippen MR) is 49.2 cm³/mol. The van der Waals surface area contributed by atoms with Gasteiger partial charge in [-0.15, -0.1) is 0 Å². The van der Waals surface area contributed by atoms with Gasteiger partial charge >= 0.3 is 0 Å². The number of carbonyl (C=O) groups is 1. The van der Waals surface area contributed by atoms with Crippen molar-refractivity contribution in [3.8, 4) is 0 Å². The molecule has 0 aromatic carbocycles. The van der Waals surface area contributed by atoms with Crippen LogP contribution in [0.4, 0.5) is 8.78 Å². The highest BCUT2D eigenvalue weighted by molar-refractivity contribution is 5.94. The lowest BCUT2D eigenvalue weighted by atomic mass is 10.2. The molecule has 0 atom stereocenters. The number of pyridine rings is 1. The fourth-order valence-electron chi connectivity index (χ4n) is 1.40. The lowest BCUT2D eigenvalue weighted by Gasteiger charge is -2.15. The predicted octanol–water partition coefficient (Wildman–Crippen LogP) is 1.37. The lowest BCUT2D eigenvalue weighted by molar-refractivity contribution is 0.0794. The molecule has 15 heavy (non-hydrogen) atoms. The molecule has 1 aliphatic heterocycles. The van der Waals surface area contributed by atoms with Crippen molar-refractivity contribution in [1.82, 2.24) is 9.88 Å². The van der Waals surface area contributed by atoms with Crippen LogP contribution in [0.5, 0.6) is 0 Å². The van der Waals surface area contributed by atoms with Crippen LogP contribution >= 0.6 is 0 Å². The topological polar surface area (TPSA) is 33.2 Å². The van der Waals surface area contributed by atoms with Gasteiger partial charge in [0, 0.05) is 19.3 Å².